The van der Waals surface area contributed by atoms with Gasteiger partial charge in [0.15, 0.2) is 6.29 Å². The second-order valence-corrected chi connectivity index (χ2v) is 6.57. The molecule has 0 amide bonds. The van der Waals surface area contributed by atoms with E-state index in [1.165, 1.54) is 11.3 Å². The standard InChI is InChI=1S/C14H8BrClN2OS/c15-11-1-3-12(4-2-11)18-6-10(7-19)14(17-18)9-5-13(16)20-8-9/h1-8H. The van der Waals surface area contributed by atoms with Gasteiger partial charge < -0.3 is 0 Å². The maximum absolute atomic E-state index is 11.2. The van der Waals surface area contributed by atoms with Gasteiger partial charge in [-0.3, -0.25) is 4.79 Å². The molecule has 0 aliphatic carbocycles. The average Bonchev–Trinajstić information content (AvgIpc) is 3.05. The van der Waals surface area contributed by atoms with Crippen LogP contribution >= 0.6 is 38.9 Å². The second kappa shape index (κ2) is 5.52. The van der Waals surface area contributed by atoms with Gasteiger partial charge in [0.05, 0.1) is 15.6 Å². The molecule has 0 bridgehead atoms. The number of carbonyl (C=O) groups is 1. The summed E-state index contributed by atoms with van der Waals surface area (Å²) < 4.78 is 3.36. The predicted octanol–water partition coefficient (Wildman–Crippen LogP) is 4.83. The molecule has 20 heavy (non-hydrogen) atoms. The maximum atomic E-state index is 11.2. The summed E-state index contributed by atoms with van der Waals surface area (Å²) in [7, 11) is 0. The van der Waals surface area contributed by atoms with Gasteiger partial charge in [0, 0.05) is 21.6 Å². The zero-order valence-corrected chi connectivity index (χ0v) is 13.2. The Bertz CT molecular complexity index is 764. The van der Waals surface area contributed by atoms with Gasteiger partial charge in [-0.15, -0.1) is 11.3 Å². The number of hydrogen-bond acceptors (Lipinski definition) is 3. The van der Waals surface area contributed by atoms with Crippen molar-refractivity contribution < 1.29 is 4.79 Å². The Morgan fingerprint density at radius 3 is 2.65 bits per heavy atom. The minimum absolute atomic E-state index is 0.544. The van der Waals surface area contributed by atoms with Gasteiger partial charge in [0.25, 0.3) is 0 Å². The quantitative estimate of drug-likeness (QED) is 0.622. The van der Waals surface area contributed by atoms with Crippen LogP contribution in [0.1, 0.15) is 10.4 Å². The first-order chi connectivity index (χ1) is 9.67. The predicted molar refractivity (Wildman–Crippen MR) is 85.0 cm³/mol. The lowest BCUT2D eigenvalue weighted by Crippen LogP contribution is -1.94. The number of benzene rings is 1. The average molecular weight is 368 g/mol. The molecule has 6 heteroatoms. The third kappa shape index (κ3) is 2.57. The molecule has 0 saturated carbocycles. The highest BCUT2D eigenvalue weighted by Crippen LogP contribution is 2.30. The number of carbonyl (C=O) groups excluding carboxylic acids is 1. The fourth-order valence-electron chi connectivity index (χ4n) is 1.86. The van der Waals surface area contributed by atoms with Crippen molar-refractivity contribution in [2.45, 2.75) is 0 Å². The molecule has 0 spiro atoms. The summed E-state index contributed by atoms with van der Waals surface area (Å²) >= 11 is 10.7. The Morgan fingerprint density at radius 2 is 2.05 bits per heavy atom. The molecular weight excluding hydrogens is 360 g/mol. The molecule has 3 nitrogen and oxygen atoms in total. The third-order valence-electron chi connectivity index (χ3n) is 2.80. The fourth-order valence-corrected chi connectivity index (χ4v) is 2.99. The minimum Gasteiger partial charge on any atom is -0.298 e. The van der Waals surface area contributed by atoms with Crippen LogP contribution in [0.4, 0.5) is 0 Å². The van der Waals surface area contributed by atoms with E-state index in [4.69, 9.17) is 11.6 Å². The van der Waals surface area contributed by atoms with Crippen LogP contribution in [0.5, 0.6) is 0 Å². The third-order valence-corrected chi connectivity index (χ3v) is 4.42. The Hall–Kier alpha value is -1.43. The SMILES string of the molecule is O=Cc1cn(-c2ccc(Br)cc2)nc1-c1csc(Cl)c1. The largest absolute Gasteiger partial charge is 0.298 e. The first kappa shape index (κ1) is 13.5. The fraction of sp³-hybridized carbons (Fsp3) is 0. The molecule has 2 heterocycles. The monoisotopic (exact) mass is 366 g/mol. The molecule has 0 N–H and O–H groups in total. The molecule has 0 fully saturated rings. The van der Waals surface area contributed by atoms with E-state index < -0.39 is 0 Å². The van der Waals surface area contributed by atoms with Gasteiger partial charge in [0.1, 0.15) is 5.69 Å². The van der Waals surface area contributed by atoms with Crippen molar-refractivity contribution in [1.29, 1.82) is 0 Å². The van der Waals surface area contributed by atoms with E-state index in [0.29, 0.717) is 15.6 Å². The van der Waals surface area contributed by atoms with Crippen LogP contribution in [-0.4, -0.2) is 16.1 Å². The Kier molecular flexibility index (Phi) is 3.74. The van der Waals surface area contributed by atoms with E-state index in [-0.39, 0.29) is 0 Å². The van der Waals surface area contributed by atoms with Crippen LogP contribution in [0.15, 0.2) is 46.4 Å². The van der Waals surface area contributed by atoms with Crippen LogP contribution in [0.3, 0.4) is 0 Å². The molecule has 2 aromatic heterocycles. The van der Waals surface area contributed by atoms with Crippen molar-refractivity contribution in [3.8, 4) is 16.9 Å². The summed E-state index contributed by atoms with van der Waals surface area (Å²) in [6, 6.07) is 9.52. The zero-order valence-electron chi connectivity index (χ0n) is 10.1. The number of rotatable bonds is 3. The smallest absolute Gasteiger partial charge is 0.153 e. The molecule has 0 aliphatic heterocycles. The first-order valence-corrected chi connectivity index (χ1v) is 7.77. The van der Waals surface area contributed by atoms with Gasteiger partial charge >= 0.3 is 0 Å². The van der Waals surface area contributed by atoms with Crippen molar-refractivity contribution in [2.75, 3.05) is 0 Å². The van der Waals surface area contributed by atoms with Crippen LogP contribution in [0, 0.1) is 0 Å². The van der Waals surface area contributed by atoms with Gasteiger partial charge in [-0.1, -0.05) is 27.5 Å². The zero-order chi connectivity index (χ0) is 14.1. The van der Waals surface area contributed by atoms with E-state index in [2.05, 4.69) is 21.0 Å². The summed E-state index contributed by atoms with van der Waals surface area (Å²) in [5, 5.41) is 6.38. The molecule has 1 aromatic carbocycles. The Morgan fingerprint density at radius 1 is 1.30 bits per heavy atom. The van der Waals surface area contributed by atoms with Crippen molar-refractivity contribution in [3.63, 3.8) is 0 Å². The summed E-state index contributed by atoms with van der Waals surface area (Å²) in [4.78, 5) is 11.2. The van der Waals surface area contributed by atoms with Crippen LogP contribution in [-0.2, 0) is 0 Å². The van der Waals surface area contributed by atoms with Gasteiger partial charge in [0.2, 0.25) is 0 Å². The lowest BCUT2D eigenvalue weighted by Gasteiger charge is -2.00. The van der Waals surface area contributed by atoms with Gasteiger partial charge in [-0.2, -0.15) is 5.10 Å². The molecule has 0 unspecified atom stereocenters. The van der Waals surface area contributed by atoms with E-state index in [1.807, 2.05) is 35.7 Å². The minimum atomic E-state index is 0.544. The highest BCUT2D eigenvalue weighted by molar-refractivity contribution is 9.10. The maximum Gasteiger partial charge on any atom is 0.153 e. The number of halogens is 2. The number of aromatic nitrogens is 2. The second-order valence-electron chi connectivity index (χ2n) is 4.11. The first-order valence-electron chi connectivity index (χ1n) is 5.72. The van der Waals surface area contributed by atoms with E-state index in [1.54, 1.807) is 10.9 Å². The highest BCUT2D eigenvalue weighted by atomic mass is 79.9. The number of nitrogens with zero attached hydrogens (tertiary/aromatic N) is 2. The summed E-state index contributed by atoms with van der Waals surface area (Å²) in [5.41, 5.74) is 2.94. The van der Waals surface area contributed by atoms with Crippen molar-refractivity contribution >= 4 is 45.2 Å². The summed E-state index contributed by atoms with van der Waals surface area (Å²) in [6.07, 6.45) is 2.53. The van der Waals surface area contributed by atoms with E-state index in [9.17, 15) is 4.79 Å². The van der Waals surface area contributed by atoms with Crippen molar-refractivity contribution in [1.82, 2.24) is 9.78 Å². The lowest BCUT2D eigenvalue weighted by atomic mass is 10.2. The molecule has 0 atom stereocenters. The normalized spacial score (nSPS) is 10.7. The summed E-state index contributed by atoms with van der Waals surface area (Å²) in [6.45, 7) is 0. The Balaban J connectivity index is 2.09. The summed E-state index contributed by atoms with van der Waals surface area (Å²) in [5.74, 6) is 0. The van der Waals surface area contributed by atoms with Crippen LogP contribution in [0.2, 0.25) is 4.34 Å². The van der Waals surface area contributed by atoms with Crippen LogP contribution < -0.4 is 0 Å². The highest BCUT2D eigenvalue weighted by Gasteiger charge is 2.13. The molecular formula is C14H8BrClN2OS. The molecule has 0 radical (unpaired) electrons. The van der Waals surface area contributed by atoms with Gasteiger partial charge in [-0.05, 0) is 30.3 Å². The molecule has 3 rings (SSSR count). The van der Waals surface area contributed by atoms with Gasteiger partial charge in [-0.25, -0.2) is 4.68 Å². The Labute approximate surface area is 132 Å². The molecule has 0 saturated heterocycles. The topological polar surface area (TPSA) is 34.9 Å². The van der Waals surface area contributed by atoms with E-state index in [0.717, 1.165) is 22.0 Å². The molecule has 3 aromatic rings. The number of hydrogen-bond donors (Lipinski definition) is 0. The van der Waals surface area contributed by atoms with Crippen molar-refractivity contribution in [2.24, 2.45) is 0 Å². The van der Waals surface area contributed by atoms with E-state index >= 15 is 0 Å². The number of aldehydes is 1. The molecule has 0 aliphatic rings. The lowest BCUT2D eigenvalue weighted by molar-refractivity contribution is 0.112. The van der Waals surface area contributed by atoms with Crippen LogP contribution in [0.25, 0.3) is 16.9 Å². The molecule has 100 valence electrons. The number of thiophene rings is 1. The van der Waals surface area contributed by atoms with Crippen molar-refractivity contribution in [3.05, 3.63) is 56.3 Å².